The van der Waals surface area contributed by atoms with Crippen molar-refractivity contribution < 1.29 is 9.59 Å². The Morgan fingerprint density at radius 1 is 1.14 bits per heavy atom. The van der Waals surface area contributed by atoms with Crippen LogP contribution in [0.1, 0.15) is 0 Å². The summed E-state index contributed by atoms with van der Waals surface area (Å²) in [5.41, 5.74) is 15.9. The number of aromatic nitrogens is 5. The van der Waals surface area contributed by atoms with Gasteiger partial charge < -0.3 is 22.1 Å². The van der Waals surface area contributed by atoms with Gasteiger partial charge in [0.1, 0.15) is 13.1 Å². The molecule has 11 heteroatoms. The highest BCUT2D eigenvalue weighted by atomic mass is 16.2. The Morgan fingerprint density at radius 3 is 2.33 bits per heavy atom. The zero-order chi connectivity index (χ0) is 15.4. The van der Waals surface area contributed by atoms with Gasteiger partial charge in [-0.2, -0.15) is 20.1 Å². The average Bonchev–Trinajstić information content (AvgIpc) is 2.90. The first-order valence-corrected chi connectivity index (χ1v) is 5.79. The van der Waals surface area contributed by atoms with Gasteiger partial charge in [-0.3, -0.25) is 9.59 Å². The fraction of sp³-hybridized carbons (Fsp3) is 0.200. The first-order chi connectivity index (χ1) is 9.95. The van der Waals surface area contributed by atoms with Crippen molar-refractivity contribution >= 4 is 23.7 Å². The maximum Gasteiger partial charge on any atom is 0.257 e. The van der Waals surface area contributed by atoms with Crippen LogP contribution in [0.15, 0.2) is 18.5 Å². The molecule has 0 spiro atoms. The summed E-state index contributed by atoms with van der Waals surface area (Å²) in [5.74, 6) is -1.29. The molecule has 0 saturated heterocycles. The van der Waals surface area contributed by atoms with E-state index in [1.165, 1.54) is 15.8 Å². The molecule has 6 N–H and O–H groups in total. The molecule has 2 aromatic heterocycles. The Bertz CT molecular complexity index is 639. The molecule has 2 aromatic rings. The summed E-state index contributed by atoms with van der Waals surface area (Å²) in [6, 6.07) is 1.67. The molecule has 0 aliphatic carbocycles. The number of primary amides is 2. The normalized spacial score (nSPS) is 10.3. The Kier molecular flexibility index (Phi) is 3.92. The van der Waals surface area contributed by atoms with Crippen molar-refractivity contribution in [3.63, 3.8) is 0 Å². The topological polar surface area (TPSA) is 172 Å². The predicted molar refractivity (Wildman–Crippen MR) is 72.0 cm³/mol. The van der Waals surface area contributed by atoms with Crippen LogP contribution in [0.3, 0.4) is 0 Å². The summed E-state index contributed by atoms with van der Waals surface area (Å²) in [7, 11) is 0. The average molecular weight is 291 g/mol. The van der Waals surface area contributed by atoms with E-state index in [2.05, 4.69) is 20.1 Å². The molecule has 0 saturated carbocycles. The van der Waals surface area contributed by atoms with Gasteiger partial charge in [0, 0.05) is 12.4 Å². The summed E-state index contributed by atoms with van der Waals surface area (Å²) in [6.07, 6.45) is 3.13. The summed E-state index contributed by atoms with van der Waals surface area (Å²) in [5, 5.41) is 3.96. The van der Waals surface area contributed by atoms with Gasteiger partial charge in [0.15, 0.2) is 0 Å². The lowest BCUT2D eigenvalue weighted by Gasteiger charge is -2.19. The minimum Gasteiger partial charge on any atom is -0.368 e. The molecular formula is C10H13N9O2. The summed E-state index contributed by atoms with van der Waals surface area (Å²) in [4.78, 5) is 35.2. The number of hydrogen-bond acceptors (Lipinski definition) is 8. The molecule has 21 heavy (non-hydrogen) atoms. The zero-order valence-electron chi connectivity index (χ0n) is 10.9. The van der Waals surface area contributed by atoms with E-state index in [1.807, 2.05) is 0 Å². The minimum absolute atomic E-state index is 0.00519. The third-order valence-corrected chi connectivity index (χ3v) is 2.31. The van der Waals surface area contributed by atoms with E-state index in [4.69, 9.17) is 17.2 Å². The molecule has 110 valence electrons. The first-order valence-electron chi connectivity index (χ1n) is 5.79. The number of carbonyl (C=O) groups is 2. The third-order valence-electron chi connectivity index (χ3n) is 2.31. The van der Waals surface area contributed by atoms with Crippen LogP contribution >= 0.6 is 0 Å². The second-order valence-corrected chi connectivity index (χ2v) is 4.03. The Balaban J connectivity index is 2.40. The summed E-state index contributed by atoms with van der Waals surface area (Å²) < 4.78 is 1.36. The molecule has 0 fully saturated rings. The van der Waals surface area contributed by atoms with Crippen molar-refractivity contribution in [1.82, 2.24) is 24.7 Å². The number of rotatable bonds is 6. The number of nitrogens with two attached hydrogens (primary N) is 3. The van der Waals surface area contributed by atoms with Crippen LogP contribution < -0.4 is 22.1 Å². The number of nitrogen functional groups attached to an aromatic ring is 1. The monoisotopic (exact) mass is 291 g/mol. The molecular weight excluding hydrogens is 278 g/mol. The Labute approximate surface area is 118 Å². The van der Waals surface area contributed by atoms with Crippen molar-refractivity contribution in [3.8, 4) is 5.95 Å². The molecule has 0 unspecified atom stereocenters. The quantitative estimate of drug-likeness (QED) is 0.520. The second kappa shape index (κ2) is 5.81. The van der Waals surface area contributed by atoms with Gasteiger partial charge >= 0.3 is 0 Å². The van der Waals surface area contributed by atoms with E-state index in [9.17, 15) is 9.59 Å². The molecule has 2 amide bonds. The van der Waals surface area contributed by atoms with Crippen LogP contribution in [-0.2, 0) is 9.59 Å². The van der Waals surface area contributed by atoms with Crippen LogP contribution in [-0.4, -0.2) is 49.6 Å². The highest BCUT2D eigenvalue weighted by molar-refractivity contribution is 5.84. The van der Waals surface area contributed by atoms with Crippen LogP contribution in [0.25, 0.3) is 5.95 Å². The van der Waals surface area contributed by atoms with E-state index >= 15 is 0 Å². The summed E-state index contributed by atoms with van der Waals surface area (Å²) in [6.45, 7) is -0.574. The number of amides is 2. The van der Waals surface area contributed by atoms with Crippen LogP contribution in [0, 0.1) is 0 Å². The molecule has 2 rings (SSSR count). The van der Waals surface area contributed by atoms with E-state index in [1.54, 1.807) is 12.3 Å². The smallest absolute Gasteiger partial charge is 0.257 e. The van der Waals surface area contributed by atoms with Crippen LogP contribution in [0.2, 0.25) is 0 Å². The molecule has 11 nitrogen and oxygen atoms in total. The summed E-state index contributed by atoms with van der Waals surface area (Å²) >= 11 is 0. The van der Waals surface area contributed by atoms with Gasteiger partial charge in [-0.15, -0.1) is 0 Å². The van der Waals surface area contributed by atoms with E-state index in [-0.39, 0.29) is 30.9 Å². The lowest BCUT2D eigenvalue weighted by atomic mass is 10.4. The van der Waals surface area contributed by atoms with Crippen LogP contribution in [0.4, 0.5) is 11.9 Å². The minimum atomic E-state index is -0.670. The lowest BCUT2D eigenvalue weighted by molar-refractivity contribution is -0.117. The van der Waals surface area contributed by atoms with Gasteiger partial charge in [0.05, 0.1) is 0 Å². The van der Waals surface area contributed by atoms with Crippen molar-refractivity contribution in [1.29, 1.82) is 0 Å². The van der Waals surface area contributed by atoms with Gasteiger partial charge in [0.25, 0.3) is 5.95 Å². The highest BCUT2D eigenvalue weighted by Crippen LogP contribution is 2.11. The third kappa shape index (κ3) is 3.62. The number of carbonyl (C=O) groups excluding carboxylic acids is 2. The van der Waals surface area contributed by atoms with Gasteiger partial charge in [-0.05, 0) is 6.07 Å². The lowest BCUT2D eigenvalue weighted by Crippen LogP contribution is -2.41. The van der Waals surface area contributed by atoms with E-state index in [0.29, 0.717) is 0 Å². The molecule has 0 bridgehead atoms. The standard InChI is InChI=1S/C10H13N9O2/c11-6(20)4-18(5-7(12)21)9-15-8(13)16-10(17-9)19-3-1-2-14-19/h1-3H,4-5H2,(H2,11,20)(H2,12,21)(H2,13,15,16,17). The van der Waals surface area contributed by atoms with Gasteiger partial charge in [-0.25, -0.2) is 4.68 Å². The molecule has 0 aromatic carbocycles. The fourth-order valence-corrected chi connectivity index (χ4v) is 1.57. The van der Waals surface area contributed by atoms with Gasteiger partial charge in [0.2, 0.25) is 23.7 Å². The zero-order valence-corrected chi connectivity index (χ0v) is 10.9. The van der Waals surface area contributed by atoms with Crippen molar-refractivity contribution in [2.24, 2.45) is 11.5 Å². The molecule has 0 atom stereocenters. The molecule has 2 heterocycles. The maximum absolute atomic E-state index is 11.1. The number of anilines is 2. The second-order valence-electron chi connectivity index (χ2n) is 4.03. The van der Waals surface area contributed by atoms with Crippen LogP contribution in [0.5, 0.6) is 0 Å². The Morgan fingerprint density at radius 2 is 1.81 bits per heavy atom. The predicted octanol–water partition coefficient (Wildman–Crippen LogP) is -2.58. The molecule has 0 aliphatic heterocycles. The van der Waals surface area contributed by atoms with E-state index in [0.717, 1.165) is 0 Å². The molecule has 0 aliphatic rings. The number of hydrogen-bond donors (Lipinski definition) is 3. The SMILES string of the molecule is NC(=O)CN(CC(N)=O)c1nc(N)nc(-n2cccn2)n1. The van der Waals surface area contributed by atoms with Crippen molar-refractivity contribution in [3.05, 3.63) is 18.5 Å². The fourth-order valence-electron chi connectivity index (χ4n) is 1.57. The highest BCUT2D eigenvalue weighted by Gasteiger charge is 2.17. The largest absolute Gasteiger partial charge is 0.368 e. The van der Waals surface area contributed by atoms with Crippen molar-refractivity contribution in [2.45, 2.75) is 0 Å². The first kappa shape index (κ1) is 14.2. The van der Waals surface area contributed by atoms with E-state index < -0.39 is 11.8 Å². The number of nitrogens with zero attached hydrogens (tertiary/aromatic N) is 6. The maximum atomic E-state index is 11.1. The van der Waals surface area contributed by atoms with Gasteiger partial charge in [-0.1, -0.05) is 0 Å². The Hall–Kier alpha value is -3.24. The van der Waals surface area contributed by atoms with Crippen molar-refractivity contribution in [2.75, 3.05) is 23.7 Å². The molecule has 0 radical (unpaired) electrons.